The number of hydrogen-bond acceptors (Lipinski definition) is 5. The van der Waals surface area contributed by atoms with Gasteiger partial charge in [0.2, 0.25) is 0 Å². The quantitative estimate of drug-likeness (QED) is 0.479. The molecule has 0 amide bonds. The van der Waals surface area contributed by atoms with Crippen LogP contribution in [-0.4, -0.2) is 23.1 Å². The Morgan fingerprint density at radius 1 is 1.03 bits per heavy atom. The molecule has 2 heterocycles. The monoisotopic (exact) mass is 424 g/mol. The van der Waals surface area contributed by atoms with Crippen molar-refractivity contribution >= 4 is 26.7 Å². The first-order valence-corrected chi connectivity index (χ1v) is 11.4. The molecular formula is C22H24N4O3S. The molecular weight excluding hydrogens is 400 g/mol. The van der Waals surface area contributed by atoms with Gasteiger partial charge in [-0.2, -0.15) is 0 Å². The molecule has 0 fully saturated rings. The lowest BCUT2D eigenvalue weighted by atomic mass is 10.1. The Morgan fingerprint density at radius 3 is 2.43 bits per heavy atom. The number of fused-ring (bicyclic) bond motifs is 1. The van der Waals surface area contributed by atoms with Crippen LogP contribution in [0.15, 0.2) is 57.9 Å². The number of anilines is 1. The van der Waals surface area contributed by atoms with Gasteiger partial charge in [-0.05, 0) is 57.0 Å². The lowest BCUT2D eigenvalue weighted by Crippen LogP contribution is -2.14. The van der Waals surface area contributed by atoms with Crippen LogP contribution in [0, 0.1) is 13.8 Å². The van der Waals surface area contributed by atoms with Crippen molar-refractivity contribution in [3.63, 3.8) is 0 Å². The van der Waals surface area contributed by atoms with Gasteiger partial charge in [0, 0.05) is 18.7 Å². The van der Waals surface area contributed by atoms with Crippen molar-refractivity contribution in [3.8, 4) is 0 Å². The van der Waals surface area contributed by atoms with Crippen molar-refractivity contribution in [3.05, 3.63) is 71.4 Å². The third-order valence-corrected chi connectivity index (χ3v) is 6.75. The molecule has 0 saturated carbocycles. The van der Waals surface area contributed by atoms with Gasteiger partial charge in [-0.25, -0.2) is 13.4 Å². The van der Waals surface area contributed by atoms with Gasteiger partial charge in [-0.1, -0.05) is 29.4 Å². The van der Waals surface area contributed by atoms with Crippen LogP contribution < -0.4 is 4.72 Å². The molecule has 0 bridgehead atoms. The highest BCUT2D eigenvalue weighted by Gasteiger charge is 2.24. The van der Waals surface area contributed by atoms with Crippen LogP contribution in [0.3, 0.4) is 0 Å². The Balaban J connectivity index is 1.47. The Morgan fingerprint density at radius 2 is 1.77 bits per heavy atom. The number of imidazole rings is 1. The number of aromatic nitrogens is 3. The second kappa shape index (κ2) is 7.95. The smallest absolute Gasteiger partial charge is 0.267 e. The summed E-state index contributed by atoms with van der Waals surface area (Å²) in [7, 11) is -3.74. The summed E-state index contributed by atoms with van der Waals surface area (Å²) >= 11 is 0. The summed E-state index contributed by atoms with van der Waals surface area (Å²) in [6.07, 6.45) is 1.63. The van der Waals surface area contributed by atoms with E-state index in [9.17, 15) is 8.42 Å². The van der Waals surface area contributed by atoms with Gasteiger partial charge >= 0.3 is 0 Å². The highest BCUT2D eigenvalue weighted by Crippen LogP contribution is 2.23. The number of nitrogens with zero attached hydrogens (tertiary/aromatic N) is 3. The lowest BCUT2D eigenvalue weighted by molar-refractivity contribution is 0.390. The third kappa shape index (κ3) is 3.82. The van der Waals surface area contributed by atoms with Gasteiger partial charge in [-0.3, -0.25) is 4.72 Å². The number of sulfonamides is 1. The number of para-hydroxylation sites is 2. The summed E-state index contributed by atoms with van der Waals surface area (Å²) in [5.41, 5.74) is 4.12. The molecule has 0 saturated heterocycles. The molecule has 0 radical (unpaired) electrons. The van der Waals surface area contributed by atoms with E-state index in [4.69, 9.17) is 9.51 Å². The molecule has 8 heteroatoms. The first-order valence-electron chi connectivity index (χ1n) is 9.88. The first-order chi connectivity index (χ1) is 14.4. The predicted molar refractivity (Wildman–Crippen MR) is 116 cm³/mol. The molecule has 7 nitrogen and oxygen atoms in total. The molecule has 0 aliphatic heterocycles. The molecule has 156 valence electrons. The van der Waals surface area contributed by atoms with E-state index in [2.05, 4.69) is 27.4 Å². The molecule has 2 aromatic heterocycles. The van der Waals surface area contributed by atoms with E-state index in [-0.39, 0.29) is 10.7 Å². The van der Waals surface area contributed by atoms with E-state index in [1.807, 2.05) is 30.3 Å². The van der Waals surface area contributed by atoms with E-state index in [0.717, 1.165) is 41.8 Å². The zero-order chi connectivity index (χ0) is 21.3. The van der Waals surface area contributed by atoms with Crippen LogP contribution in [0.4, 0.5) is 5.69 Å². The topological polar surface area (TPSA) is 90.0 Å². The van der Waals surface area contributed by atoms with Crippen molar-refractivity contribution in [1.82, 2.24) is 14.7 Å². The normalized spacial score (nSPS) is 11.8. The van der Waals surface area contributed by atoms with Crippen molar-refractivity contribution in [2.45, 2.75) is 45.1 Å². The number of hydrogen-bond donors (Lipinski definition) is 1. The van der Waals surface area contributed by atoms with E-state index in [1.54, 1.807) is 26.0 Å². The fourth-order valence-electron chi connectivity index (χ4n) is 3.73. The number of nitrogens with one attached hydrogen (secondary N) is 1. The summed E-state index contributed by atoms with van der Waals surface area (Å²) in [5.74, 6) is 1.33. The van der Waals surface area contributed by atoms with E-state index < -0.39 is 10.0 Å². The molecule has 4 aromatic rings. The average molecular weight is 425 g/mol. The molecule has 1 N–H and O–H groups in total. The number of benzene rings is 2. The number of rotatable bonds is 7. The summed E-state index contributed by atoms with van der Waals surface area (Å²) in [5, 5.41) is 3.72. The maximum Gasteiger partial charge on any atom is 0.267 e. The zero-order valence-electron chi connectivity index (χ0n) is 17.2. The maximum absolute atomic E-state index is 12.6. The van der Waals surface area contributed by atoms with E-state index in [1.165, 1.54) is 0 Å². The molecule has 0 atom stereocenters. The molecule has 0 spiro atoms. The Hall–Kier alpha value is -3.13. The minimum atomic E-state index is -3.74. The summed E-state index contributed by atoms with van der Waals surface area (Å²) in [6, 6.07) is 15.6. The standard InChI is InChI=1S/C22H24N4O3S/c1-4-26-20-8-6-5-7-19(20)23-21(26)14-11-17-9-12-18(13-10-17)25-30(27,28)22-15(2)24-29-16(22)3/h5-10,12-13,25H,4,11,14H2,1-3H3. The Labute approximate surface area is 175 Å². The van der Waals surface area contributed by atoms with Crippen LogP contribution >= 0.6 is 0 Å². The molecule has 4 rings (SSSR count). The van der Waals surface area contributed by atoms with E-state index >= 15 is 0 Å². The SMILES string of the molecule is CCn1c(CCc2ccc(NS(=O)(=O)c3c(C)noc3C)cc2)nc2ccccc21. The fraction of sp³-hybridized carbons (Fsp3) is 0.273. The van der Waals surface area contributed by atoms with Crippen molar-refractivity contribution < 1.29 is 12.9 Å². The zero-order valence-corrected chi connectivity index (χ0v) is 18.0. The van der Waals surface area contributed by atoms with Gasteiger partial charge in [0.1, 0.15) is 11.5 Å². The van der Waals surface area contributed by atoms with Crippen molar-refractivity contribution in [2.24, 2.45) is 0 Å². The molecule has 0 aliphatic carbocycles. The average Bonchev–Trinajstić information content (AvgIpc) is 3.26. The van der Waals surface area contributed by atoms with Gasteiger partial charge in [-0.15, -0.1) is 0 Å². The van der Waals surface area contributed by atoms with E-state index in [0.29, 0.717) is 11.4 Å². The van der Waals surface area contributed by atoms with Gasteiger partial charge in [0.05, 0.1) is 11.0 Å². The van der Waals surface area contributed by atoms with Gasteiger partial charge in [0.15, 0.2) is 10.7 Å². The molecule has 0 aliphatic rings. The highest BCUT2D eigenvalue weighted by molar-refractivity contribution is 7.92. The van der Waals surface area contributed by atoms with Crippen LogP contribution in [0.1, 0.15) is 29.8 Å². The van der Waals surface area contributed by atoms with Gasteiger partial charge < -0.3 is 9.09 Å². The minimum Gasteiger partial charge on any atom is -0.360 e. The third-order valence-electron chi connectivity index (χ3n) is 5.13. The van der Waals surface area contributed by atoms with Crippen LogP contribution in [0.5, 0.6) is 0 Å². The second-order valence-corrected chi connectivity index (χ2v) is 8.84. The summed E-state index contributed by atoms with van der Waals surface area (Å²) in [6.45, 7) is 6.19. The molecule has 30 heavy (non-hydrogen) atoms. The largest absolute Gasteiger partial charge is 0.360 e. The number of aryl methyl sites for hydroxylation is 5. The van der Waals surface area contributed by atoms with Crippen LogP contribution in [0.25, 0.3) is 11.0 Å². The predicted octanol–water partition coefficient (Wildman–Crippen LogP) is 4.25. The molecule has 0 unspecified atom stereocenters. The van der Waals surface area contributed by atoms with Gasteiger partial charge in [0.25, 0.3) is 10.0 Å². The van der Waals surface area contributed by atoms with Crippen molar-refractivity contribution in [1.29, 1.82) is 0 Å². The fourth-order valence-corrected chi connectivity index (χ4v) is 5.12. The Kier molecular flexibility index (Phi) is 5.34. The minimum absolute atomic E-state index is 0.0880. The molecule has 2 aromatic carbocycles. The summed E-state index contributed by atoms with van der Waals surface area (Å²) in [4.78, 5) is 4.85. The van der Waals surface area contributed by atoms with Crippen LogP contribution in [0.2, 0.25) is 0 Å². The summed E-state index contributed by atoms with van der Waals surface area (Å²) < 4.78 is 35.1. The maximum atomic E-state index is 12.6. The second-order valence-electron chi connectivity index (χ2n) is 7.22. The highest BCUT2D eigenvalue weighted by atomic mass is 32.2. The van der Waals surface area contributed by atoms with Crippen molar-refractivity contribution in [2.75, 3.05) is 4.72 Å². The Bertz CT molecular complexity index is 1270. The van der Waals surface area contributed by atoms with Crippen LogP contribution in [-0.2, 0) is 29.4 Å². The first kappa shape index (κ1) is 20.2. The lowest BCUT2D eigenvalue weighted by Gasteiger charge is -2.09.